The lowest BCUT2D eigenvalue weighted by Crippen LogP contribution is -2.21. The maximum absolute atomic E-state index is 4.61. The zero-order valence-electron chi connectivity index (χ0n) is 14.8. The fraction of sp³-hybridized carbons (Fsp3) is 0.211. The predicted octanol–water partition coefficient (Wildman–Crippen LogP) is 4.02. The second-order valence-electron chi connectivity index (χ2n) is 6.04. The normalized spacial score (nSPS) is 10.8. The quantitative estimate of drug-likeness (QED) is 0.610. The molecule has 0 unspecified atom stereocenters. The molecule has 0 radical (unpaired) electrons. The summed E-state index contributed by atoms with van der Waals surface area (Å²) in [6.45, 7) is 1.65. The highest BCUT2D eigenvalue weighted by atomic mass is 79.9. The lowest BCUT2D eigenvalue weighted by molar-refractivity contribution is 0.425. The van der Waals surface area contributed by atoms with Gasteiger partial charge in [0.1, 0.15) is 5.82 Å². The summed E-state index contributed by atoms with van der Waals surface area (Å²) < 4.78 is 1.01. The van der Waals surface area contributed by atoms with Crippen molar-refractivity contribution in [1.82, 2.24) is 19.9 Å². The van der Waals surface area contributed by atoms with Crippen LogP contribution < -0.4 is 10.6 Å². The molecule has 0 atom stereocenters. The Morgan fingerprint density at radius 3 is 2.62 bits per heavy atom. The van der Waals surface area contributed by atoms with Gasteiger partial charge in [-0.15, -0.1) is 0 Å². The summed E-state index contributed by atoms with van der Waals surface area (Å²) in [5.74, 6) is 1.29. The Bertz CT molecular complexity index is 854. The van der Waals surface area contributed by atoms with Crippen molar-refractivity contribution in [2.75, 3.05) is 37.8 Å². The topological polar surface area (TPSA) is 66.0 Å². The van der Waals surface area contributed by atoms with Gasteiger partial charge in [-0.05, 0) is 44.4 Å². The van der Waals surface area contributed by atoms with Crippen molar-refractivity contribution in [3.63, 3.8) is 0 Å². The summed E-state index contributed by atoms with van der Waals surface area (Å²) in [5, 5.41) is 6.62. The van der Waals surface area contributed by atoms with Crippen LogP contribution in [0.2, 0.25) is 0 Å². The molecule has 134 valence electrons. The predicted molar refractivity (Wildman–Crippen MR) is 110 cm³/mol. The maximum atomic E-state index is 4.61. The number of halogens is 1. The molecule has 1 aromatic carbocycles. The van der Waals surface area contributed by atoms with Gasteiger partial charge < -0.3 is 15.5 Å². The van der Waals surface area contributed by atoms with Crippen LogP contribution in [0.3, 0.4) is 0 Å². The van der Waals surface area contributed by atoms with Crippen molar-refractivity contribution >= 4 is 33.4 Å². The third kappa shape index (κ3) is 5.24. The molecule has 0 spiro atoms. The molecule has 6 nitrogen and oxygen atoms in total. The van der Waals surface area contributed by atoms with Crippen molar-refractivity contribution in [3.05, 3.63) is 59.2 Å². The molecule has 2 aromatic heterocycles. The average molecular weight is 413 g/mol. The second kappa shape index (κ2) is 8.73. The number of hydrogen-bond acceptors (Lipinski definition) is 6. The highest BCUT2D eigenvalue weighted by Gasteiger charge is 2.08. The van der Waals surface area contributed by atoms with Crippen molar-refractivity contribution in [3.8, 4) is 11.4 Å². The first-order chi connectivity index (χ1) is 12.6. The molecule has 0 bridgehead atoms. The highest BCUT2D eigenvalue weighted by Crippen LogP contribution is 2.23. The minimum absolute atomic E-state index is 0.576. The van der Waals surface area contributed by atoms with E-state index in [4.69, 9.17) is 0 Å². The monoisotopic (exact) mass is 412 g/mol. The van der Waals surface area contributed by atoms with Gasteiger partial charge >= 0.3 is 0 Å². The summed E-state index contributed by atoms with van der Waals surface area (Å²) in [4.78, 5) is 15.7. The van der Waals surface area contributed by atoms with Crippen LogP contribution in [0.25, 0.3) is 11.4 Å². The van der Waals surface area contributed by atoms with Crippen LogP contribution in [0.15, 0.2) is 59.2 Å². The number of aromatic nitrogens is 3. The van der Waals surface area contributed by atoms with Gasteiger partial charge in [0.05, 0.1) is 11.4 Å². The number of pyridine rings is 1. The number of nitrogens with one attached hydrogen (secondary N) is 2. The fourth-order valence-electron chi connectivity index (χ4n) is 2.34. The summed E-state index contributed by atoms with van der Waals surface area (Å²) in [7, 11) is 4.07. The van der Waals surface area contributed by atoms with E-state index in [1.807, 2.05) is 62.6 Å². The molecule has 0 aliphatic carbocycles. The van der Waals surface area contributed by atoms with Gasteiger partial charge in [0.2, 0.25) is 5.95 Å². The number of hydrogen-bond donors (Lipinski definition) is 2. The number of likely N-dealkylation sites (N-methyl/N-ethyl adjacent to an activating group) is 1. The van der Waals surface area contributed by atoms with Crippen LogP contribution in [0, 0.1) is 0 Å². The SMILES string of the molecule is CN(C)CCNc1nc(Nc2cccc(Br)c2)cc(-c2ccccn2)n1. The lowest BCUT2D eigenvalue weighted by Gasteiger charge is -2.13. The van der Waals surface area contributed by atoms with E-state index in [9.17, 15) is 0 Å². The smallest absolute Gasteiger partial charge is 0.225 e. The van der Waals surface area contributed by atoms with Gasteiger partial charge in [0, 0.05) is 35.5 Å². The molecular weight excluding hydrogens is 392 g/mol. The Morgan fingerprint density at radius 1 is 1.00 bits per heavy atom. The van der Waals surface area contributed by atoms with E-state index in [1.165, 1.54) is 0 Å². The van der Waals surface area contributed by atoms with Crippen LogP contribution in [0.5, 0.6) is 0 Å². The molecule has 26 heavy (non-hydrogen) atoms. The van der Waals surface area contributed by atoms with Gasteiger partial charge in [-0.1, -0.05) is 28.1 Å². The first kappa shape index (κ1) is 18.3. The van der Waals surface area contributed by atoms with E-state index in [0.717, 1.165) is 34.6 Å². The highest BCUT2D eigenvalue weighted by molar-refractivity contribution is 9.10. The van der Waals surface area contributed by atoms with E-state index in [0.29, 0.717) is 11.8 Å². The Balaban J connectivity index is 1.89. The molecule has 3 aromatic rings. The van der Waals surface area contributed by atoms with Crippen LogP contribution in [-0.4, -0.2) is 47.0 Å². The first-order valence-electron chi connectivity index (χ1n) is 8.32. The third-order valence-electron chi connectivity index (χ3n) is 3.59. The summed E-state index contributed by atoms with van der Waals surface area (Å²) in [6.07, 6.45) is 1.76. The lowest BCUT2D eigenvalue weighted by atomic mass is 10.2. The standard InChI is InChI=1S/C19H21BrN6/c1-26(2)11-10-22-19-24-17(16-8-3-4-9-21-16)13-18(25-19)23-15-7-5-6-14(20)12-15/h3-9,12-13H,10-11H2,1-2H3,(H2,22,23,24,25). The Labute approximate surface area is 161 Å². The number of anilines is 3. The van der Waals surface area contributed by atoms with Gasteiger partial charge in [0.25, 0.3) is 0 Å². The molecule has 0 amide bonds. The number of rotatable bonds is 7. The molecule has 2 N–H and O–H groups in total. The van der Waals surface area contributed by atoms with Crippen molar-refractivity contribution < 1.29 is 0 Å². The second-order valence-corrected chi connectivity index (χ2v) is 6.96. The van der Waals surface area contributed by atoms with E-state index in [2.05, 4.69) is 46.4 Å². The largest absolute Gasteiger partial charge is 0.353 e. The van der Waals surface area contributed by atoms with Gasteiger partial charge in [-0.3, -0.25) is 4.98 Å². The van der Waals surface area contributed by atoms with Crippen molar-refractivity contribution in [1.29, 1.82) is 0 Å². The number of benzene rings is 1. The zero-order chi connectivity index (χ0) is 18.4. The molecular formula is C19H21BrN6. The van der Waals surface area contributed by atoms with Crippen molar-refractivity contribution in [2.45, 2.75) is 0 Å². The molecule has 0 fully saturated rings. The van der Waals surface area contributed by atoms with E-state index < -0.39 is 0 Å². The maximum Gasteiger partial charge on any atom is 0.225 e. The van der Waals surface area contributed by atoms with Crippen LogP contribution in [0.4, 0.5) is 17.5 Å². The average Bonchev–Trinajstić information content (AvgIpc) is 2.62. The minimum Gasteiger partial charge on any atom is -0.353 e. The van der Waals surface area contributed by atoms with Gasteiger partial charge in [-0.25, -0.2) is 4.98 Å². The zero-order valence-corrected chi connectivity index (χ0v) is 16.4. The van der Waals surface area contributed by atoms with Crippen LogP contribution in [0.1, 0.15) is 0 Å². The first-order valence-corrected chi connectivity index (χ1v) is 9.11. The van der Waals surface area contributed by atoms with Crippen LogP contribution in [-0.2, 0) is 0 Å². The number of nitrogens with zero attached hydrogens (tertiary/aromatic N) is 4. The Hall–Kier alpha value is -2.51. The Morgan fingerprint density at radius 2 is 1.88 bits per heavy atom. The van der Waals surface area contributed by atoms with E-state index in [1.54, 1.807) is 6.20 Å². The van der Waals surface area contributed by atoms with Crippen molar-refractivity contribution in [2.24, 2.45) is 0 Å². The summed E-state index contributed by atoms with van der Waals surface area (Å²) >= 11 is 3.49. The summed E-state index contributed by atoms with van der Waals surface area (Å²) in [6, 6.07) is 15.6. The third-order valence-corrected chi connectivity index (χ3v) is 4.09. The Kier molecular flexibility index (Phi) is 6.14. The van der Waals surface area contributed by atoms with Gasteiger partial charge in [0.15, 0.2) is 0 Å². The van der Waals surface area contributed by atoms with Crippen LogP contribution >= 0.6 is 15.9 Å². The molecule has 3 rings (SSSR count). The van der Waals surface area contributed by atoms with Gasteiger partial charge in [-0.2, -0.15) is 4.98 Å². The minimum atomic E-state index is 0.576. The summed E-state index contributed by atoms with van der Waals surface area (Å²) in [5.41, 5.74) is 2.53. The molecule has 0 saturated carbocycles. The molecule has 2 heterocycles. The van der Waals surface area contributed by atoms with E-state index >= 15 is 0 Å². The molecule has 0 aliphatic rings. The molecule has 0 saturated heterocycles. The fourth-order valence-corrected chi connectivity index (χ4v) is 2.74. The molecule has 7 heteroatoms. The van der Waals surface area contributed by atoms with E-state index in [-0.39, 0.29) is 0 Å². The molecule has 0 aliphatic heterocycles.